The Labute approximate surface area is 384 Å². The molecule has 5 atom stereocenters. The molecule has 0 aliphatic carbocycles. The van der Waals surface area contributed by atoms with Gasteiger partial charge in [0, 0.05) is 30.4 Å². The molecule has 0 amide bonds. The van der Waals surface area contributed by atoms with E-state index in [1.807, 2.05) is 24.3 Å². The zero-order valence-electron chi connectivity index (χ0n) is 38.7. The minimum absolute atomic E-state index is 0.0138. The molecule has 0 aromatic heterocycles. The maximum Gasteiger partial charge on any atom is 0.472 e. The van der Waals surface area contributed by atoms with E-state index >= 15 is 0 Å². The molecular weight excluding hydrogens is 844 g/mol. The van der Waals surface area contributed by atoms with Crippen LogP contribution in [0.5, 0.6) is 0 Å². The number of thioether (sulfide) groups is 1. The Kier molecular flexibility index (Phi) is 41.6. The van der Waals surface area contributed by atoms with E-state index in [9.17, 15) is 28.9 Å². The van der Waals surface area contributed by atoms with Crippen LogP contribution in [-0.4, -0.2) is 88.6 Å². The molecule has 15 heteroatoms. The van der Waals surface area contributed by atoms with Crippen LogP contribution in [0.3, 0.4) is 0 Å². The molecule has 0 aliphatic rings. The number of carboxylic acids is 1. The van der Waals surface area contributed by atoms with Crippen molar-refractivity contribution in [1.29, 1.82) is 0 Å². The monoisotopic (exact) mass is 929 g/mol. The number of esters is 2. The van der Waals surface area contributed by atoms with E-state index in [-0.39, 0.29) is 44.6 Å². The number of hydrogen-bond donors (Lipinski definition) is 5. The molecule has 0 saturated heterocycles. The third-order valence-electron chi connectivity index (χ3n) is 9.88. The molecule has 0 aromatic carbocycles. The summed E-state index contributed by atoms with van der Waals surface area (Å²) in [6.07, 6.45) is 41.5. The van der Waals surface area contributed by atoms with Crippen molar-refractivity contribution in [3.63, 3.8) is 0 Å². The van der Waals surface area contributed by atoms with Gasteiger partial charge in [-0.25, -0.2) is 4.57 Å². The number of hydrogen-bond acceptors (Lipinski definition) is 12. The number of unbranched alkanes of at least 4 members (excludes halogenated alkanes) is 16. The highest BCUT2D eigenvalue weighted by Crippen LogP contribution is 2.43. The van der Waals surface area contributed by atoms with Crippen LogP contribution in [0.15, 0.2) is 60.8 Å². The quantitative estimate of drug-likeness (QED) is 0.0126. The molecule has 7 N–H and O–H groups in total. The average molecular weight is 929 g/mol. The Hall–Kier alpha value is -2.55. The number of nitrogens with two attached hydrogens (primary N) is 2. The number of carbonyl (C=O) groups is 3. The Balaban J connectivity index is 5.01. The summed E-state index contributed by atoms with van der Waals surface area (Å²) in [5, 5.41) is 19.4. The highest BCUT2D eigenvalue weighted by Gasteiger charge is 2.28. The number of carboxylic acid groups (broad SMARTS) is 1. The molecule has 0 spiro atoms. The minimum Gasteiger partial charge on any atom is -0.481 e. The van der Waals surface area contributed by atoms with Crippen molar-refractivity contribution in [2.45, 2.75) is 191 Å². The predicted octanol–water partition coefficient (Wildman–Crippen LogP) is 10.6. The molecule has 63 heavy (non-hydrogen) atoms. The first kappa shape index (κ1) is 60.5. The Morgan fingerprint density at radius 3 is 1.90 bits per heavy atom. The number of aliphatic hydroxyl groups excluding tert-OH is 1. The van der Waals surface area contributed by atoms with Crippen molar-refractivity contribution in [2.24, 2.45) is 11.5 Å². The van der Waals surface area contributed by atoms with E-state index in [1.54, 1.807) is 12.2 Å². The fourth-order valence-corrected chi connectivity index (χ4v) is 8.06. The fourth-order valence-electron chi connectivity index (χ4n) is 6.17. The lowest BCUT2D eigenvalue weighted by Crippen LogP contribution is -2.40. The van der Waals surface area contributed by atoms with Crippen LogP contribution >= 0.6 is 19.6 Å². The molecule has 0 bridgehead atoms. The Morgan fingerprint density at radius 1 is 0.698 bits per heavy atom. The number of rotatable bonds is 44. The molecule has 0 radical (unpaired) electrons. The first-order valence-electron chi connectivity index (χ1n) is 23.7. The first-order chi connectivity index (χ1) is 30.4. The van der Waals surface area contributed by atoms with Crippen LogP contribution in [0.4, 0.5) is 0 Å². The maximum atomic E-state index is 13.1. The second-order valence-electron chi connectivity index (χ2n) is 15.8. The van der Waals surface area contributed by atoms with Gasteiger partial charge in [-0.05, 0) is 64.2 Å². The second kappa shape index (κ2) is 43.3. The average Bonchev–Trinajstić information content (AvgIpc) is 3.25. The molecule has 0 heterocycles. The van der Waals surface area contributed by atoms with E-state index < -0.39 is 62.4 Å². The number of aliphatic hydroxyl groups is 1. The van der Waals surface area contributed by atoms with Crippen molar-refractivity contribution in [1.82, 2.24) is 0 Å². The fraction of sp³-hybridized carbons (Fsp3) is 0.729. The molecule has 0 rings (SSSR count). The summed E-state index contributed by atoms with van der Waals surface area (Å²) >= 11 is 1.20. The third kappa shape index (κ3) is 40.7. The minimum atomic E-state index is -4.54. The van der Waals surface area contributed by atoms with E-state index in [0.717, 1.165) is 44.9 Å². The number of aliphatic carboxylic acids is 1. The summed E-state index contributed by atoms with van der Waals surface area (Å²) in [5.74, 6) is -2.32. The lowest BCUT2D eigenvalue weighted by atomic mass is 10.1. The highest BCUT2D eigenvalue weighted by atomic mass is 32.2. The zero-order chi connectivity index (χ0) is 46.7. The number of allylic oxidation sites excluding steroid dienone is 9. The van der Waals surface area contributed by atoms with Crippen LogP contribution in [0.2, 0.25) is 0 Å². The molecular formula is C48H85N2O11PS. The summed E-state index contributed by atoms with van der Waals surface area (Å²) in [6, 6.07) is -1.19. The van der Waals surface area contributed by atoms with Crippen LogP contribution in [-0.2, 0) is 37.5 Å². The van der Waals surface area contributed by atoms with E-state index in [1.165, 1.54) is 88.8 Å². The summed E-state index contributed by atoms with van der Waals surface area (Å²) in [5.41, 5.74) is 11.6. The summed E-state index contributed by atoms with van der Waals surface area (Å²) < 4.78 is 33.0. The smallest absolute Gasteiger partial charge is 0.472 e. The van der Waals surface area contributed by atoms with Gasteiger partial charge in [-0.15, -0.1) is 11.8 Å². The van der Waals surface area contributed by atoms with Gasteiger partial charge in [-0.1, -0.05) is 152 Å². The molecule has 0 aliphatic heterocycles. The van der Waals surface area contributed by atoms with Gasteiger partial charge in [0.15, 0.2) is 6.10 Å². The molecule has 1 unspecified atom stereocenters. The predicted molar refractivity (Wildman–Crippen MR) is 257 cm³/mol. The number of phosphoric ester groups is 1. The first-order valence-corrected chi connectivity index (χ1v) is 26.2. The Bertz CT molecular complexity index is 1340. The molecule has 364 valence electrons. The zero-order valence-corrected chi connectivity index (χ0v) is 40.4. The van der Waals surface area contributed by atoms with Crippen molar-refractivity contribution in [3.05, 3.63) is 60.8 Å². The Morgan fingerprint density at radius 2 is 1.27 bits per heavy atom. The van der Waals surface area contributed by atoms with Crippen LogP contribution in [0.1, 0.15) is 168 Å². The lowest BCUT2D eigenvalue weighted by molar-refractivity contribution is -0.161. The van der Waals surface area contributed by atoms with Gasteiger partial charge in [-0.3, -0.25) is 23.4 Å². The van der Waals surface area contributed by atoms with Crippen molar-refractivity contribution in [2.75, 3.05) is 32.1 Å². The summed E-state index contributed by atoms with van der Waals surface area (Å²) in [7, 11) is -4.54. The van der Waals surface area contributed by atoms with Gasteiger partial charge >= 0.3 is 25.7 Å². The highest BCUT2D eigenvalue weighted by molar-refractivity contribution is 8.00. The second-order valence-corrected chi connectivity index (χ2v) is 18.5. The van der Waals surface area contributed by atoms with Gasteiger partial charge in [0.1, 0.15) is 12.6 Å². The number of ether oxygens (including phenoxy) is 2. The van der Waals surface area contributed by atoms with Crippen LogP contribution in [0, 0.1) is 0 Å². The van der Waals surface area contributed by atoms with Crippen molar-refractivity contribution < 1.29 is 52.6 Å². The van der Waals surface area contributed by atoms with Crippen molar-refractivity contribution in [3.8, 4) is 0 Å². The van der Waals surface area contributed by atoms with E-state index in [0.29, 0.717) is 6.42 Å². The van der Waals surface area contributed by atoms with E-state index in [4.69, 9.17) is 35.1 Å². The van der Waals surface area contributed by atoms with Gasteiger partial charge in [-0.2, -0.15) is 0 Å². The van der Waals surface area contributed by atoms with Crippen LogP contribution < -0.4 is 11.5 Å². The summed E-state index contributed by atoms with van der Waals surface area (Å²) in [6.45, 7) is 3.11. The summed E-state index contributed by atoms with van der Waals surface area (Å²) in [4.78, 5) is 46.8. The van der Waals surface area contributed by atoms with Gasteiger partial charge in [0.25, 0.3) is 0 Å². The molecule has 0 saturated carbocycles. The van der Waals surface area contributed by atoms with E-state index in [2.05, 4.69) is 38.2 Å². The van der Waals surface area contributed by atoms with Gasteiger partial charge < -0.3 is 36.0 Å². The molecule has 0 fully saturated rings. The maximum absolute atomic E-state index is 13.1. The lowest BCUT2D eigenvalue weighted by Gasteiger charge is -2.23. The van der Waals surface area contributed by atoms with Crippen molar-refractivity contribution >= 4 is 37.5 Å². The third-order valence-corrected chi connectivity index (χ3v) is 12.3. The molecule has 0 aromatic rings. The number of phosphoric acid groups is 1. The number of carbonyl (C=O) groups excluding carboxylic acids is 2. The van der Waals surface area contributed by atoms with Gasteiger partial charge in [0.05, 0.1) is 19.3 Å². The standard InChI is InChI=1S/C48H85N2O11PS/c1-3-5-7-9-11-13-15-17-18-19-20-21-23-25-27-29-31-36-47(54)58-39-42(40-60-62(56,57)59-38-37-49)61-48(55)43(50)41-63-45(44(51)33-32-35-46(52)53)34-30-28-26-24-22-16-14-12-10-8-6-4-2/h12,14,17-18,22,24,26,28,30,34,42-45,51H,3-11,13,15-16,19-21,23,25,27,29,31-33,35-41,49-50H2,1-2H3,(H,52,53)(H,56,57)/b14-12-,18-17-,24-22-,28-26+,34-30+/t42-,43+,44+,45-/m1/s1. The SMILES string of the molecule is CCCCC/C=C\C\C=C/C=C/C=C/[C@@H](SC[C@H](N)C(=O)O[C@H](COC(=O)CCCCCCCCC/C=C\CCCCCCCC)COP(=O)(O)OCCN)[C@@H](O)CCCC(=O)O. The topological polar surface area (TPSA) is 218 Å². The normalized spacial score (nSPS) is 15.1. The molecule has 13 nitrogen and oxygen atoms in total. The van der Waals surface area contributed by atoms with Crippen LogP contribution in [0.25, 0.3) is 0 Å². The van der Waals surface area contributed by atoms with Gasteiger partial charge in [0.2, 0.25) is 0 Å². The largest absolute Gasteiger partial charge is 0.481 e.